The molecule has 5 aliphatic rings. The molecule has 2 aliphatic heterocycles. The summed E-state index contributed by atoms with van der Waals surface area (Å²) in [5, 5.41) is 0. The Hall–Kier alpha value is -1.07. The third kappa shape index (κ3) is 2.21. The molecule has 4 atom stereocenters. The smallest absolute Gasteiger partial charge is 0.174 e. The molecule has 4 unspecified atom stereocenters. The highest BCUT2D eigenvalue weighted by Crippen LogP contribution is 2.63. The van der Waals surface area contributed by atoms with Crippen LogP contribution >= 0.6 is 17.0 Å². The Morgan fingerprint density at radius 1 is 1.30 bits per heavy atom. The lowest BCUT2D eigenvalue weighted by molar-refractivity contribution is -0.139. The SMILES string of the molecule is Br.COc1ccc2c3c1OC1C(=O)CCC4C(C2)N(CC2CCC2)CCC314. The molecule has 0 amide bonds. The van der Waals surface area contributed by atoms with E-state index in [4.69, 9.17) is 9.47 Å². The van der Waals surface area contributed by atoms with Crippen molar-refractivity contribution in [2.24, 2.45) is 11.8 Å². The van der Waals surface area contributed by atoms with Crippen LogP contribution in [0.5, 0.6) is 11.5 Å². The Morgan fingerprint density at radius 2 is 2.15 bits per heavy atom. The summed E-state index contributed by atoms with van der Waals surface area (Å²) >= 11 is 0. The Bertz CT molecular complexity index is 792. The molecule has 1 aromatic carbocycles. The van der Waals surface area contributed by atoms with E-state index in [1.807, 2.05) is 6.07 Å². The van der Waals surface area contributed by atoms with E-state index < -0.39 is 0 Å². The molecule has 2 bridgehead atoms. The van der Waals surface area contributed by atoms with Crippen molar-refractivity contribution in [1.82, 2.24) is 4.90 Å². The Morgan fingerprint density at radius 3 is 2.89 bits per heavy atom. The third-order valence-electron chi connectivity index (χ3n) is 8.15. The van der Waals surface area contributed by atoms with E-state index in [-0.39, 0.29) is 28.5 Å². The van der Waals surface area contributed by atoms with Crippen molar-refractivity contribution in [3.8, 4) is 11.5 Å². The fourth-order valence-corrected chi connectivity index (χ4v) is 6.79. The number of methoxy groups -OCH3 is 1. The summed E-state index contributed by atoms with van der Waals surface area (Å²) in [6.45, 7) is 2.37. The predicted octanol–water partition coefficient (Wildman–Crippen LogP) is 3.68. The maximum atomic E-state index is 12.9. The highest BCUT2D eigenvalue weighted by atomic mass is 79.9. The summed E-state index contributed by atoms with van der Waals surface area (Å²) in [6.07, 6.45) is 7.81. The van der Waals surface area contributed by atoms with Crippen molar-refractivity contribution in [1.29, 1.82) is 0 Å². The van der Waals surface area contributed by atoms with Gasteiger partial charge in [0.1, 0.15) is 0 Å². The minimum absolute atomic E-state index is 0. The zero-order chi connectivity index (χ0) is 17.5. The molecule has 6 rings (SSSR count). The van der Waals surface area contributed by atoms with Gasteiger partial charge in [0.05, 0.1) is 7.11 Å². The van der Waals surface area contributed by atoms with Gasteiger partial charge in [0.2, 0.25) is 0 Å². The van der Waals surface area contributed by atoms with Gasteiger partial charge >= 0.3 is 0 Å². The van der Waals surface area contributed by atoms with E-state index in [0.29, 0.717) is 24.2 Å². The van der Waals surface area contributed by atoms with Crippen molar-refractivity contribution >= 4 is 22.8 Å². The lowest BCUT2D eigenvalue weighted by atomic mass is 9.51. The zero-order valence-corrected chi connectivity index (χ0v) is 17.6. The number of rotatable bonds is 3. The highest BCUT2D eigenvalue weighted by molar-refractivity contribution is 8.93. The van der Waals surface area contributed by atoms with Crippen LogP contribution in [-0.4, -0.2) is 43.0 Å². The molecule has 2 saturated carbocycles. The topological polar surface area (TPSA) is 38.8 Å². The molecule has 3 aliphatic carbocycles. The summed E-state index contributed by atoms with van der Waals surface area (Å²) < 4.78 is 12.0. The number of carbonyl (C=O) groups excluding carboxylic acids is 1. The van der Waals surface area contributed by atoms with Crippen LogP contribution in [0.25, 0.3) is 0 Å². The monoisotopic (exact) mass is 433 g/mol. The Balaban J connectivity index is 0.00000160. The average molecular weight is 434 g/mol. The van der Waals surface area contributed by atoms with E-state index in [9.17, 15) is 4.79 Å². The first-order valence-corrected chi connectivity index (χ1v) is 10.4. The molecule has 2 heterocycles. The van der Waals surface area contributed by atoms with Crippen molar-refractivity contribution in [3.05, 3.63) is 23.3 Å². The summed E-state index contributed by atoms with van der Waals surface area (Å²) in [4.78, 5) is 15.6. The number of ether oxygens (including phenoxy) is 2. The molecule has 4 nitrogen and oxygen atoms in total. The maximum absolute atomic E-state index is 12.9. The first-order valence-electron chi connectivity index (χ1n) is 10.4. The molecule has 0 N–H and O–H groups in total. The minimum Gasteiger partial charge on any atom is -0.493 e. The molecular weight excluding hydrogens is 406 g/mol. The van der Waals surface area contributed by atoms with Gasteiger partial charge in [-0.1, -0.05) is 12.5 Å². The van der Waals surface area contributed by atoms with Crippen molar-refractivity contribution in [2.45, 2.75) is 62.5 Å². The fraction of sp³-hybridized carbons (Fsp3) is 0.682. The quantitative estimate of drug-likeness (QED) is 0.728. The molecule has 3 fully saturated rings. The van der Waals surface area contributed by atoms with Crippen LogP contribution in [0.2, 0.25) is 0 Å². The van der Waals surface area contributed by atoms with Gasteiger partial charge in [0.15, 0.2) is 23.4 Å². The van der Waals surface area contributed by atoms with E-state index in [0.717, 1.165) is 43.2 Å². The van der Waals surface area contributed by atoms with E-state index in [1.165, 1.54) is 36.9 Å². The number of likely N-dealkylation sites (tertiary alicyclic amines) is 1. The number of halogens is 1. The summed E-state index contributed by atoms with van der Waals surface area (Å²) in [5.41, 5.74) is 2.64. The van der Waals surface area contributed by atoms with Gasteiger partial charge < -0.3 is 9.47 Å². The molecule has 0 radical (unpaired) electrons. The lowest BCUT2D eigenvalue weighted by Crippen LogP contribution is -2.66. The van der Waals surface area contributed by atoms with Crippen molar-refractivity contribution in [3.63, 3.8) is 0 Å². The Kier molecular flexibility index (Phi) is 4.14. The van der Waals surface area contributed by atoms with E-state index in [2.05, 4.69) is 11.0 Å². The molecule has 1 spiro atoms. The summed E-state index contributed by atoms with van der Waals surface area (Å²) in [5.74, 6) is 3.44. The van der Waals surface area contributed by atoms with Crippen LogP contribution in [0, 0.1) is 11.8 Å². The number of ketones is 1. The molecule has 27 heavy (non-hydrogen) atoms. The normalized spacial score (nSPS) is 36.3. The first kappa shape index (κ1) is 18.0. The van der Waals surface area contributed by atoms with Crippen LogP contribution in [0.4, 0.5) is 0 Å². The minimum atomic E-state index is -0.278. The predicted molar refractivity (Wildman–Crippen MR) is 108 cm³/mol. The maximum Gasteiger partial charge on any atom is 0.174 e. The summed E-state index contributed by atoms with van der Waals surface area (Å²) in [7, 11) is 1.70. The number of piperidine rings is 1. The molecule has 1 saturated heterocycles. The van der Waals surface area contributed by atoms with Crippen LogP contribution in [0.1, 0.15) is 49.7 Å². The van der Waals surface area contributed by atoms with Gasteiger partial charge in [-0.2, -0.15) is 0 Å². The second-order valence-corrected chi connectivity index (χ2v) is 9.09. The first-order chi connectivity index (χ1) is 12.7. The van der Waals surface area contributed by atoms with Gasteiger partial charge in [-0.15, -0.1) is 17.0 Å². The van der Waals surface area contributed by atoms with Crippen LogP contribution in [0.15, 0.2) is 12.1 Å². The van der Waals surface area contributed by atoms with Gasteiger partial charge in [-0.3, -0.25) is 9.69 Å². The molecule has 1 aromatic rings. The number of benzene rings is 1. The number of hydrogen-bond donors (Lipinski definition) is 0. The molecule has 5 heteroatoms. The molecule has 146 valence electrons. The lowest BCUT2D eigenvalue weighted by Gasteiger charge is -2.58. The van der Waals surface area contributed by atoms with Crippen LogP contribution in [-0.2, 0) is 16.6 Å². The second-order valence-electron chi connectivity index (χ2n) is 9.09. The van der Waals surface area contributed by atoms with E-state index in [1.54, 1.807) is 7.11 Å². The van der Waals surface area contributed by atoms with Gasteiger partial charge in [0.25, 0.3) is 0 Å². The Labute approximate surface area is 171 Å². The molecular formula is C22H28BrNO3. The third-order valence-corrected chi connectivity index (χ3v) is 8.15. The number of hydrogen-bond acceptors (Lipinski definition) is 4. The standard InChI is InChI=1S/C22H27NO3.BrH/c1-25-18-8-5-14-11-16-15-6-7-17(24)21-22(15,19(14)20(18)26-21)9-10-23(16)12-13-3-2-4-13;/h5,8,13,15-16,21H,2-4,6-7,9-12H2,1H3;1H. The second kappa shape index (κ2) is 6.21. The van der Waals surface area contributed by atoms with E-state index >= 15 is 0 Å². The number of nitrogens with zero attached hydrogens (tertiary/aromatic N) is 1. The van der Waals surface area contributed by atoms with Crippen molar-refractivity contribution < 1.29 is 14.3 Å². The number of carbonyl (C=O) groups is 1. The summed E-state index contributed by atoms with van der Waals surface area (Å²) in [6, 6.07) is 4.86. The average Bonchev–Trinajstić information content (AvgIpc) is 2.96. The van der Waals surface area contributed by atoms with Gasteiger partial charge in [0, 0.05) is 30.0 Å². The van der Waals surface area contributed by atoms with Gasteiger partial charge in [-0.05, 0) is 62.1 Å². The van der Waals surface area contributed by atoms with Gasteiger partial charge in [-0.25, -0.2) is 0 Å². The van der Waals surface area contributed by atoms with Crippen LogP contribution in [0.3, 0.4) is 0 Å². The van der Waals surface area contributed by atoms with Crippen molar-refractivity contribution in [2.75, 3.05) is 20.2 Å². The molecule has 0 aromatic heterocycles. The zero-order valence-electron chi connectivity index (χ0n) is 15.9. The highest BCUT2D eigenvalue weighted by Gasteiger charge is 2.65. The van der Waals surface area contributed by atoms with Crippen LogP contribution < -0.4 is 9.47 Å². The largest absolute Gasteiger partial charge is 0.493 e. The fourth-order valence-electron chi connectivity index (χ4n) is 6.79. The number of Topliss-reactive ketones (excluding diaryl/α,β-unsaturated/α-hetero) is 1.